The third-order valence-electron chi connectivity index (χ3n) is 3.33. The van der Waals surface area contributed by atoms with Gasteiger partial charge in [0.15, 0.2) is 0 Å². The first kappa shape index (κ1) is 12.3. The fourth-order valence-electron chi connectivity index (χ4n) is 2.28. The summed E-state index contributed by atoms with van der Waals surface area (Å²) >= 11 is 0. The molecule has 0 heterocycles. The number of nitrogens with two attached hydrogens (primary N) is 1. The normalized spacial score (nSPS) is 15.2. The van der Waals surface area contributed by atoms with Crippen LogP contribution >= 0.6 is 0 Å². The third-order valence-corrected chi connectivity index (χ3v) is 3.33. The van der Waals surface area contributed by atoms with Crippen LogP contribution in [-0.4, -0.2) is 24.0 Å². The van der Waals surface area contributed by atoms with Crippen LogP contribution in [0.1, 0.15) is 24.0 Å². The van der Waals surface area contributed by atoms with Gasteiger partial charge in [-0.1, -0.05) is 30.3 Å². The van der Waals surface area contributed by atoms with Crippen molar-refractivity contribution in [2.24, 2.45) is 5.73 Å². The molecule has 1 aliphatic rings. The van der Waals surface area contributed by atoms with E-state index in [4.69, 9.17) is 5.73 Å². The summed E-state index contributed by atoms with van der Waals surface area (Å²) in [6, 6.07) is 9.42. The van der Waals surface area contributed by atoms with E-state index in [1.807, 2.05) is 6.08 Å². The zero-order valence-electron chi connectivity index (χ0n) is 10.4. The molecule has 0 aliphatic heterocycles. The van der Waals surface area contributed by atoms with Crippen molar-refractivity contribution in [1.29, 1.82) is 0 Å². The first-order valence-electron chi connectivity index (χ1n) is 6.47. The van der Waals surface area contributed by atoms with E-state index in [9.17, 15) is 0 Å². The fraction of sp³-hybridized carbons (Fsp3) is 0.467. The Morgan fingerprint density at radius 2 is 2.00 bits per heavy atom. The Balaban J connectivity index is 2.07. The van der Waals surface area contributed by atoms with Gasteiger partial charge in [0.25, 0.3) is 0 Å². The van der Waals surface area contributed by atoms with Crippen LogP contribution in [0, 0.1) is 0 Å². The van der Waals surface area contributed by atoms with Gasteiger partial charge in [0.2, 0.25) is 0 Å². The predicted octanol–water partition coefficient (Wildman–Crippen LogP) is 2.34. The van der Waals surface area contributed by atoms with Gasteiger partial charge in [-0.2, -0.15) is 0 Å². The van der Waals surface area contributed by atoms with Crippen LogP contribution in [0.4, 0.5) is 0 Å². The molecule has 2 heteroatoms. The number of hydrogen-bond acceptors (Lipinski definition) is 2. The molecule has 1 fully saturated rings. The molecule has 0 bridgehead atoms. The molecule has 2 rings (SSSR count). The first-order chi connectivity index (χ1) is 8.35. The number of benzene rings is 1. The van der Waals surface area contributed by atoms with E-state index < -0.39 is 0 Å². The minimum Gasteiger partial charge on any atom is -0.330 e. The minimum atomic E-state index is 0.724. The second kappa shape index (κ2) is 5.99. The van der Waals surface area contributed by atoms with Crippen molar-refractivity contribution in [3.8, 4) is 0 Å². The van der Waals surface area contributed by atoms with Crippen molar-refractivity contribution in [3.63, 3.8) is 0 Å². The second-order valence-electron chi connectivity index (χ2n) is 4.76. The van der Waals surface area contributed by atoms with Gasteiger partial charge in [-0.3, -0.25) is 4.90 Å². The summed E-state index contributed by atoms with van der Waals surface area (Å²) in [4.78, 5) is 2.52. The van der Waals surface area contributed by atoms with E-state index in [1.165, 1.54) is 24.0 Å². The minimum absolute atomic E-state index is 0.724. The van der Waals surface area contributed by atoms with Crippen molar-refractivity contribution in [2.45, 2.75) is 31.8 Å². The smallest absolute Gasteiger partial charge is 0.0242 e. The van der Waals surface area contributed by atoms with Crippen LogP contribution in [-0.2, 0) is 13.0 Å². The van der Waals surface area contributed by atoms with E-state index in [0.29, 0.717) is 0 Å². The molecule has 1 aromatic carbocycles. The molecule has 2 nitrogen and oxygen atoms in total. The molecule has 1 aromatic rings. The Morgan fingerprint density at radius 3 is 2.59 bits per heavy atom. The Hall–Kier alpha value is -1.12. The van der Waals surface area contributed by atoms with E-state index >= 15 is 0 Å². The van der Waals surface area contributed by atoms with Crippen LogP contribution in [0.5, 0.6) is 0 Å². The molecule has 2 N–H and O–H groups in total. The molecule has 0 unspecified atom stereocenters. The van der Waals surface area contributed by atoms with Crippen molar-refractivity contribution in [3.05, 3.63) is 48.0 Å². The van der Waals surface area contributed by atoms with Gasteiger partial charge in [0.05, 0.1) is 0 Å². The van der Waals surface area contributed by atoms with Crippen LogP contribution in [0.15, 0.2) is 36.9 Å². The summed E-state index contributed by atoms with van der Waals surface area (Å²) in [6.45, 7) is 6.60. The van der Waals surface area contributed by atoms with E-state index in [0.717, 1.165) is 32.1 Å². The monoisotopic (exact) mass is 230 g/mol. The molecule has 1 saturated carbocycles. The molecule has 0 aromatic heterocycles. The Kier molecular flexibility index (Phi) is 4.35. The predicted molar refractivity (Wildman–Crippen MR) is 72.8 cm³/mol. The molecule has 0 amide bonds. The summed E-state index contributed by atoms with van der Waals surface area (Å²) in [5.41, 5.74) is 8.48. The lowest BCUT2D eigenvalue weighted by molar-refractivity contribution is 0.283. The topological polar surface area (TPSA) is 29.3 Å². The highest BCUT2D eigenvalue weighted by molar-refractivity contribution is 5.27. The number of rotatable bonds is 7. The molecular weight excluding hydrogens is 208 g/mol. The van der Waals surface area contributed by atoms with Crippen molar-refractivity contribution >= 4 is 0 Å². The van der Waals surface area contributed by atoms with E-state index in [-0.39, 0.29) is 0 Å². The molecule has 0 atom stereocenters. The third kappa shape index (κ3) is 3.42. The molecule has 92 valence electrons. The molecular formula is C15H22N2. The zero-order chi connectivity index (χ0) is 12.1. The van der Waals surface area contributed by atoms with Gasteiger partial charge in [-0.05, 0) is 36.9 Å². The lowest BCUT2D eigenvalue weighted by Gasteiger charge is -2.21. The van der Waals surface area contributed by atoms with E-state index in [1.54, 1.807) is 0 Å². The van der Waals surface area contributed by atoms with Gasteiger partial charge < -0.3 is 5.73 Å². The summed E-state index contributed by atoms with van der Waals surface area (Å²) in [5.74, 6) is 0. The van der Waals surface area contributed by atoms with Crippen molar-refractivity contribution < 1.29 is 0 Å². The van der Waals surface area contributed by atoms with Crippen molar-refractivity contribution in [1.82, 2.24) is 4.90 Å². The first-order valence-corrected chi connectivity index (χ1v) is 6.47. The van der Waals surface area contributed by atoms with Gasteiger partial charge in [-0.25, -0.2) is 0 Å². The highest BCUT2D eigenvalue weighted by Crippen LogP contribution is 2.28. The maximum atomic E-state index is 5.66. The summed E-state index contributed by atoms with van der Waals surface area (Å²) in [7, 11) is 0. The molecule has 1 aliphatic carbocycles. The fourth-order valence-corrected chi connectivity index (χ4v) is 2.28. The summed E-state index contributed by atoms with van der Waals surface area (Å²) in [5, 5.41) is 0. The van der Waals surface area contributed by atoms with Gasteiger partial charge in [-0.15, -0.1) is 6.58 Å². The van der Waals surface area contributed by atoms with Crippen LogP contribution in [0.25, 0.3) is 0 Å². The Bertz CT molecular complexity index is 369. The molecule has 17 heavy (non-hydrogen) atoms. The second-order valence-corrected chi connectivity index (χ2v) is 4.76. The molecule has 0 spiro atoms. The maximum Gasteiger partial charge on any atom is 0.0242 e. The Labute approximate surface area is 104 Å². The van der Waals surface area contributed by atoms with Gasteiger partial charge in [0, 0.05) is 19.1 Å². The van der Waals surface area contributed by atoms with Gasteiger partial charge in [0.1, 0.15) is 0 Å². The zero-order valence-corrected chi connectivity index (χ0v) is 10.4. The standard InChI is InChI=1S/C15H22N2/c1-2-11-17(15-7-8-15)12-14-6-4-3-5-13(14)9-10-16/h2-6,15H,1,7-12,16H2. The summed E-state index contributed by atoms with van der Waals surface area (Å²) < 4.78 is 0. The lowest BCUT2D eigenvalue weighted by Crippen LogP contribution is -2.26. The highest BCUT2D eigenvalue weighted by Gasteiger charge is 2.28. The number of nitrogens with zero attached hydrogens (tertiary/aromatic N) is 1. The van der Waals surface area contributed by atoms with Crippen LogP contribution in [0.3, 0.4) is 0 Å². The van der Waals surface area contributed by atoms with Crippen LogP contribution < -0.4 is 5.73 Å². The average Bonchev–Trinajstić information content (AvgIpc) is 3.15. The number of hydrogen-bond donors (Lipinski definition) is 1. The van der Waals surface area contributed by atoms with Crippen molar-refractivity contribution in [2.75, 3.05) is 13.1 Å². The lowest BCUT2D eigenvalue weighted by atomic mass is 10.0. The van der Waals surface area contributed by atoms with E-state index in [2.05, 4.69) is 35.7 Å². The summed E-state index contributed by atoms with van der Waals surface area (Å²) in [6.07, 6.45) is 5.66. The maximum absolute atomic E-state index is 5.66. The molecule has 0 saturated heterocycles. The largest absolute Gasteiger partial charge is 0.330 e. The quantitative estimate of drug-likeness (QED) is 0.728. The SMILES string of the molecule is C=CCN(Cc1ccccc1CCN)C1CC1. The van der Waals surface area contributed by atoms with Gasteiger partial charge >= 0.3 is 0 Å². The molecule has 0 radical (unpaired) electrons. The van der Waals surface area contributed by atoms with Crippen LogP contribution in [0.2, 0.25) is 0 Å². The average molecular weight is 230 g/mol. The highest BCUT2D eigenvalue weighted by atomic mass is 15.2. The Morgan fingerprint density at radius 1 is 1.29 bits per heavy atom.